The maximum Gasteiger partial charge on any atom is 0.251 e. The number of hydrogen-bond donors (Lipinski definition) is 1. The average molecular weight is 497 g/mol. The summed E-state index contributed by atoms with van der Waals surface area (Å²) in [4.78, 5) is 22.0. The fraction of sp³-hybridized carbons (Fsp3) is 0.138. The van der Waals surface area contributed by atoms with E-state index in [1.807, 2.05) is 61.5 Å². The quantitative estimate of drug-likeness (QED) is 0.262. The van der Waals surface area contributed by atoms with Crippen molar-refractivity contribution in [3.8, 4) is 0 Å². The first-order valence-corrected chi connectivity index (χ1v) is 12.6. The van der Waals surface area contributed by atoms with Crippen LogP contribution in [0.1, 0.15) is 32.6 Å². The zero-order chi connectivity index (χ0) is 24.9. The van der Waals surface area contributed by atoms with Crippen LogP contribution in [0.3, 0.4) is 0 Å². The molecule has 0 atom stereocenters. The molecule has 5 rings (SSSR count). The molecule has 1 N–H and O–H groups in total. The molecule has 0 saturated heterocycles. The molecule has 2 heterocycles. The maximum atomic E-state index is 13.3. The first kappa shape index (κ1) is 23.8. The number of nitrogens with one attached hydrogen (secondary N) is 1. The summed E-state index contributed by atoms with van der Waals surface area (Å²) >= 11 is 1.59. The number of benzene rings is 3. The summed E-state index contributed by atoms with van der Waals surface area (Å²) in [6.45, 7) is 3.10. The molecule has 1 amide bonds. The van der Waals surface area contributed by atoms with Crippen molar-refractivity contribution >= 4 is 28.8 Å². The number of fused-ring (bicyclic) bond motifs is 1. The highest BCUT2D eigenvalue weighted by molar-refractivity contribution is 7.98. The third-order valence-corrected chi connectivity index (χ3v) is 6.89. The summed E-state index contributed by atoms with van der Waals surface area (Å²) in [5.74, 6) is 0.324. The van der Waals surface area contributed by atoms with E-state index in [-0.39, 0.29) is 11.7 Å². The second-order valence-electron chi connectivity index (χ2n) is 8.61. The lowest BCUT2D eigenvalue weighted by molar-refractivity contribution is 0.0951. The van der Waals surface area contributed by atoms with E-state index in [1.165, 1.54) is 17.7 Å². The minimum atomic E-state index is -0.243. The first-order valence-electron chi connectivity index (χ1n) is 11.7. The lowest BCUT2D eigenvalue weighted by Crippen LogP contribution is -2.22. The van der Waals surface area contributed by atoms with Crippen molar-refractivity contribution in [3.63, 3.8) is 0 Å². The third-order valence-electron chi connectivity index (χ3n) is 5.84. The largest absolute Gasteiger partial charge is 0.348 e. The Hall–Kier alpha value is -3.97. The molecule has 0 aliphatic carbocycles. The molecule has 0 aliphatic rings. The van der Waals surface area contributed by atoms with Crippen molar-refractivity contribution in [1.82, 2.24) is 19.9 Å². The molecular weight excluding hydrogens is 471 g/mol. The van der Waals surface area contributed by atoms with E-state index in [0.717, 1.165) is 33.0 Å². The second kappa shape index (κ2) is 10.7. The SMILES string of the molecule is Cc1cccc(CNC(=O)c2ccc(Cn3c(SCc4ccc(F)cc4)nc4cccnc43)cc2)c1. The first-order chi connectivity index (χ1) is 17.5. The van der Waals surface area contributed by atoms with Crippen molar-refractivity contribution in [2.45, 2.75) is 30.9 Å². The molecule has 7 heteroatoms. The van der Waals surface area contributed by atoms with Crippen LogP contribution >= 0.6 is 11.8 Å². The number of pyridine rings is 1. The van der Waals surface area contributed by atoms with E-state index in [2.05, 4.69) is 20.9 Å². The molecule has 0 radical (unpaired) electrons. The number of carbonyl (C=O) groups is 1. The van der Waals surface area contributed by atoms with Gasteiger partial charge in [0, 0.05) is 24.1 Å². The van der Waals surface area contributed by atoms with Crippen LogP contribution < -0.4 is 5.32 Å². The van der Waals surface area contributed by atoms with Crippen LogP contribution in [-0.2, 0) is 18.8 Å². The number of rotatable bonds is 8. The molecule has 0 spiro atoms. The van der Waals surface area contributed by atoms with Gasteiger partial charge in [0.05, 0.1) is 6.54 Å². The highest BCUT2D eigenvalue weighted by Gasteiger charge is 2.14. The van der Waals surface area contributed by atoms with Crippen molar-refractivity contribution < 1.29 is 9.18 Å². The van der Waals surface area contributed by atoms with E-state index in [0.29, 0.717) is 24.4 Å². The van der Waals surface area contributed by atoms with Crippen molar-refractivity contribution in [3.05, 3.63) is 125 Å². The van der Waals surface area contributed by atoms with Crippen LogP contribution in [-0.4, -0.2) is 20.4 Å². The summed E-state index contributed by atoms with van der Waals surface area (Å²) in [5.41, 5.74) is 6.55. The van der Waals surface area contributed by atoms with Gasteiger partial charge in [-0.1, -0.05) is 65.9 Å². The van der Waals surface area contributed by atoms with Gasteiger partial charge in [0.15, 0.2) is 10.8 Å². The van der Waals surface area contributed by atoms with Gasteiger partial charge in [-0.2, -0.15) is 0 Å². The van der Waals surface area contributed by atoms with E-state index >= 15 is 0 Å². The van der Waals surface area contributed by atoms with Crippen LogP contribution in [0.25, 0.3) is 11.2 Å². The summed E-state index contributed by atoms with van der Waals surface area (Å²) in [6.07, 6.45) is 1.76. The topological polar surface area (TPSA) is 59.8 Å². The van der Waals surface area contributed by atoms with Crippen LogP contribution in [0.2, 0.25) is 0 Å². The predicted octanol–water partition coefficient (Wildman–Crippen LogP) is 6.15. The van der Waals surface area contributed by atoms with Gasteiger partial charge >= 0.3 is 0 Å². The molecule has 0 fully saturated rings. The van der Waals surface area contributed by atoms with E-state index < -0.39 is 0 Å². The normalized spacial score (nSPS) is 11.1. The summed E-state index contributed by atoms with van der Waals surface area (Å²) in [7, 11) is 0. The summed E-state index contributed by atoms with van der Waals surface area (Å²) in [5, 5.41) is 3.83. The Labute approximate surface area is 213 Å². The summed E-state index contributed by atoms with van der Waals surface area (Å²) < 4.78 is 15.3. The Bertz CT molecular complexity index is 1500. The van der Waals surface area contributed by atoms with Crippen molar-refractivity contribution in [2.24, 2.45) is 0 Å². The van der Waals surface area contributed by atoms with Gasteiger partial charge in [0.1, 0.15) is 11.3 Å². The van der Waals surface area contributed by atoms with Crippen LogP contribution in [0.15, 0.2) is 96.3 Å². The number of aryl methyl sites for hydroxylation is 1. The molecule has 5 nitrogen and oxygen atoms in total. The average Bonchev–Trinajstić information content (AvgIpc) is 3.24. The number of amides is 1. The van der Waals surface area contributed by atoms with Gasteiger partial charge < -0.3 is 5.32 Å². The standard InChI is InChI=1S/C29H25FN4OS/c1-20-4-2-5-23(16-20)17-32-28(35)24-11-7-21(8-12-24)18-34-27-26(6-3-15-31-27)33-29(34)36-19-22-9-13-25(30)14-10-22/h2-16H,17-19H2,1H3,(H,32,35). The van der Waals surface area contributed by atoms with Gasteiger partial charge in [-0.15, -0.1) is 0 Å². The molecule has 180 valence electrons. The maximum absolute atomic E-state index is 13.3. The molecule has 0 saturated carbocycles. The minimum absolute atomic E-state index is 0.103. The molecular formula is C29H25FN4OS. The highest BCUT2D eigenvalue weighted by atomic mass is 32.2. The number of nitrogens with zero attached hydrogens (tertiary/aromatic N) is 3. The lowest BCUT2D eigenvalue weighted by atomic mass is 10.1. The number of halogens is 1. The molecule has 2 aromatic heterocycles. The van der Waals surface area contributed by atoms with Gasteiger partial charge in [-0.05, 0) is 60.0 Å². The van der Waals surface area contributed by atoms with Crippen LogP contribution in [0, 0.1) is 12.7 Å². The van der Waals surface area contributed by atoms with Crippen LogP contribution in [0.5, 0.6) is 0 Å². The number of carbonyl (C=O) groups excluding carboxylic acids is 1. The Morgan fingerprint density at radius 2 is 1.72 bits per heavy atom. The zero-order valence-corrected chi connectivity index (χ0v) is 20.6. The Balaban J connectivity index is 1.29. The smallest absolute Gasteiger partial charge is 0.251 e. The highest BCUT2D eigenvalue weighted by Crippen LogP contribution is 2.27. The van der Waals surface area contributed by atoms with Crippen molar-refractivity contribution in [2.75, 3.05) is 0 Å². The van der Waals surface area contributed by atoms with E-state index in [1.54, 1.807) is 30.1 Å². The van der Waals surface area contributed by atoms with Gasteiger partial charge in [0.2, 0.25) is 0 Å². The second-order valence-corrected chi connectivity index (χ2v) is 9.55. The number of imidazole rings is 1. The van der Waals surface area contributed by atoms with Crippen LogP contribution in [0.4, 0.5) is 4.39 Å². The van der Waals surface area contributed by atoms with E-state index in [9.17, 15) is 9.18 Å². The van der Waals surface area contributed by atoms with Gasteiger partial charge in [0.25, 0.3) is 5.91 Å². The van der Waals surface area contributed by atoms with E-state index in [4.69, 9.17) is 4.98 Å². The molecule has 0 aliphatic heterocycles. The fourth-order valence-electron chi connectivity index (χ4n) is 3.97. The Kier molecular flexibility index (Phi) is 7.09. The van der Waals surface area contributed by atoms with Crippen molar-refractivity contribution in [1.29, 1.82) is 0 Å². The molecule has 3 aromatic carbocycles. The molecule has 0 unspecified atom stereocenters. The lowest BCUT2D eigenvalue weighted by Gasteiger charge is -2.10. The van der Waals surface area contributed by atoms with Gasteiger partial charge in [-0.25, -0.2) is 14.4 Å². The third kappa shape index (κ3) is 5.63. The predicted molar refractivity (Wildman–Crippen MR) is 141 cm³/mol. The zero-order valence-electron chi connectivity index (χ0n) is 19.8. The minimum Gasteiger partial charge on any atom is -0.348 e. The molecule has 5 aromatic rings. The number of hydrogen-bond acceptors (Lipinski definition) is 4. The summed E-state index contributed by atoms with van der Waals surface area (Å²) in [6, 6.07) is 26.1. The fourth-order valence-corrected chi connectivity index (χ4v) is 4.93. The number of aromatic nitrogens is 3. The Morgan fingerprint density at radius 1 is 0.944 bits per heavy atom. The monoisotopic (exact) mass is 496 g/mol. The molecule has 36 heavy (non-hydrogen) atoms. The number of thioether (sulfide) groups is 1. The Morgan fingerprint density at radius 3 is 2.50 bits per heavy atom. The van der Waals surface area contributed by atoms with Gasteiger partial charge in [-0.3, -0.25) is 9.36 Å². The molecule has 0 bridgehead atoms.